The zero-order valence-electron chi connectivity index (χ0n) is 12.3. The minimum atomic E-state index is -0.243. The van der Waals surface area contributed by atoms with Crippen molar-refractivity contribution in [1.82, 2.24) is 15.0 Å². The summed E-state index contributed by atoms with van der Waals surface area (Å²) in [5.41, 5.74) is 2.28. The Balaban J connectivity index is 1.73. The Labute approximate surface area is 127 Å². The Kier molecular flexibility index (Phi) is 3.74. The average molecular weight is 297 g/mol. The minimum absolute atomic E-state index is 0.241. The van der Waals surface area contributed by atoms with Crippen molar-refractivity contribution in [1.29, 1.82) is 0 Å². The Bertz CT molecular complexity index is 777. The molecule has 0 N–H and O–H groups in total. The van der Waals surface area contributed by atoms with Crippen molar-refractivity contribution in [3.8, 4) is 11.3 Å². The van der Waals surface area contributed by atoms with E-state index >= 15 is 0 Å². The fraction of sp³-hybridized carbons (Fsp3) is 0.188. The minimum Gasteiger partial charge on any atom is -0.438 e. The standard InChI is InChI=1S/C16H15N3O3/c1-11-15(21-10-17-11)16(20)19(2)9-13-8-14(18-22-13)12-6-4-3-5-7-12/h3-8,10H,9H2,1-2H3. The third-order valence-electron chi connectivity index (χ3n) is 3.31. The lowest BCUT2D eigenvalue weighted by atomic mass is 10.1. The van der Waals surface area contributed by atoms with Gasteiger partial charge in [0.1, 0.15) is 5.69 Å². The molecule has 0 aliphatic carbocycles. The summed E-state index contributed by atoms with van der Waals surface area (Å²) in [6.45, 7) is 2.03. The molecule has 6 heteroatoms. The first-order valence-corrected chi connectivity index (χ1v) is 6.81. The number of rotatable bonds is 4. The van der Waals surface area contributed by atoms with Gasteiger partial charge in [-0.1, -0.05) is 35.5 Å². The van der Waals surface area contributed by atoms with Crippen LogP contribution in [0.1, 0.15) is 22.0 Å². The van der Waals surface area contributed by atoms with Gasteiger partial charge in [0.2, 0.25) is 5.76 Å². The van der Waals surface area contributed by atoms with Crippen molar-refractivity contribution in [2.45, 2.75) is 13.5 Å². The molecule has 0 aliphatic rings. The van der Waals surface area contributed by atoms with Gasteiger partial charge < -0.3 is 13.8 Å². The Morgan fingerprint density at radius 3 is 2.73 bits per heavy atom. The molecule has 1 aromatic carbocycles. The van der Waals surface area contributed by atoms with Crippen LogP contribution in [0.15, 0.2) is 51.7 Å². The number of hydrogen-bond acceptors (Lipinski definition) is 5. The highest BCUT2D eigenvalue weighted by molar-refractivity contribution is 5.92. The summed E-state index contributed by atoms with van der Waals surface area (Å²) >= 11 is 0. The smallest absolute Gasteiger partial charge is 0.291 e. The average Bonchev–Trinajstić information content (AvgIpc) is 3.16. The van der Waals surface area contributed by atoms with E-state index in [2.05, 4.69) is 10.1 Å². The first-order valence-electron chi connectivity index (χ1n) is 6.81. The molecule has 0 fully saturated rings. The summed E-state index contributed by atoms with van der Waals surface area (Å²) in [6.07, 6.45) is 1.26. The first-order chi connectivity index (χ1) is 10.6. The largest absolute Gasteiger partial charge is 0.438 e. The lowest BCUT2D eigenvalue weighted by molar-refractivity contribution is 0.0739. The molecule has 0 aliphatic heterocycles. The van der Waals surface area contributed by atoms with E-state index in [1.807, 2.05) is 36.4 Å². The van der Waals surface area contributed by atoms with Gasteiger partial charge in [0.15, 0.2) is 12.2 Å². The summed E-state index contributed by atoms with van der Waals surface area (Å²) in [6, 6.07) is 11.5. The van der Waals surface area contributed by atoms with Crippen LogP contribution in [0.25, 0.3) is 11.3 Å². The van der Waals surface area contributed by atoms with E-state index in [0.717, 1.165) is 11.3 Å². The second-order valence-corrected chi connectivity index (χ2v) is 4.97. The second-order valence-electron chi connectivity index (χ2n) is 4.97. The van der Waals surface area contributed by atoms with E-state index in [1.54, 1.807) is 14.0 Å². The van der Waals surface area contributed by atoms with Gasteiger partial charge in [-0.05, 0) is 6.92 Å². The summed E-state index contributed by atoms with van der Waals surface area (Å²) in [7, 11) is 1.68. The van der Waals surface area contributed by atoms with Gasteiger partial charge in [-0.25, -0.2) is 4.98 Å². The zero-order chi connectivity index (χ0) is 15.5. The van der Waals surface area contributed by atoms with Crippen molar-refractivity contribution < 1.29 is 13.7 Å². The molecule has 3 rings (SSSR count). The van der Waals surface area contributed by atoms with E-state index in [1.165, 1.54) is 11.3 Å². The highest BCUT2D eigenvalue weighted by atomic mass is 16.5. The number of aryl methyl sites for hydroxylation is 1. The highest BCUT2D eigenvalue weighted by Gasteiger charge is 2.20. The number of benzene rings is 1. The molecule has 0 bridgehead atoms. The molecular formula is C16H15N3O3. The molecular weight excluding hydrogens is 282 g/mol. The van der Waals surface area contributed by atoms with E-state index < -0.39 is 0 Å². The normalized spacial score (nSPS) is 10.6. The van der Waals surface area contributed by atoms with Crippen LogP contribution in [0.4, 0.5) is 0 Å². The maximum Gasteiger partial charge on any atom is 0.291 e. The lowest BCUT2D eigenvalue weighted by Gasteiger charge is -2.13. The van der Waals surface area contributed by atoms with Gasteiger partial charge in [-0.2, -0.15) is 0 Å². The lowest BCUT2D eigenvalue weighted by Crippen LogP contribution is -2.26. The Hall–Kier alpha value is -2.89. The summed E-state index contributed by atoms with van der Waals surface area (Å²) in [5, 5.41) is 4.03. The molecule has 112 valence electrons. The van der Waals surface area contributed by atoms with Crippen molar-refractivity contribution in [3.63, 3.8) is 0 Å². The Morgan fingerprint density at radius 2 is 2.05 bits per heavy atom. The number of carbonyl (C=O) groups excluding carboxylic acids is 1. The third kappa shape index (κ3) is 2.76. The number of hydrogen-bond donors (Lipinski definition) is 0. The van der Waals surface area contributed by atoms with Gasteiger partial charge in [-0.15, -0.1) is 0 Å². The van der Waals surface area contributed by atoms with E-state index in [9.17, 15) is 4.79 Å². The predicted octanol–water partition coefficient (Wildman–Crippen LogP) is 2.91. The maximum atomic E-state index is 12.2. The number of oxazole rings is 1. The molecule has 2 aromatic heterocycles. The summed E-state index contributed by atoms with van der Waals surface area (Å²) < 4.78 is 10.4. The molecule has 0 saturated heterocycles. The van der Waals surface area contributed by atoms with Crippen LogP contribution in [0.3, 0.4) is 0 Å². The fourth-order valence-corrected chi connectivity index (χ4v) is 2.12. The van der Waals surface area contributed by atoms with Crippen LogP contribution in [-0.4, -0.2) is 28.0 Å². The van der Waals surface area contributed by atoms with Crippen molar-refractivity contribution in [3.05, 3.63) is 60.0 Å². The van der Waals surface area contributed by atoms with Crippen LogP contribution in [-0.2, 0) is 6.54 Å². The molecule has 6 nitrogen and oxygen atoms in total. The molecule has 0 radical (unpaired) electrons. The predicted molar refractivity (Wildman–Crippen MR) is 79.0 cm³/mol. The van der Waals surface area contributed by atoms with Crippen LogP contribution >= 0.6 is 0 Å². The number of nitrogens with zero attached hydrogens (tertiary/aromatic N) is 3. The fourth-order valence-electron chi connectivity index (χ4n) is 2.12. The molecule has 0 atom stereocenters. The van der Waals surface area contributed by atoms with Gasteiger partial charge in [0.25, 0.3) is 5.91 Å². The number of aromatic nitrogens is 2. The summed E-state index contributed by atoms with van der Waals surface area (Å²) in [4.78, 5) is 17.7. The maximum absolute atomic E-state index is 12.2. The molecule has 2 heterocycles. The Morgan fingerprint density at radius 1 is 1.27 bits per heavy atom. The molecule has 22 heavy (non-hydrogen) atoms. The van der Waals surface area contributed by atoms with Crippen LogP contribution in [0.2, 0.25) is 0 Å². The van der Waals surface area contributed by atoms with E-state index in [-0.39, 0.29) is 11.7 Å². The van der Waals surface area contributed by atoms with Gasteiger partial charge in [0, 0.05) is 18.7 Å². The third-order valence-corrected chi connectivity index (χ3v) is 3.31. The van der Waals surface area contributed by atoms with Crippen molar-refractivity contribution in [2.24, 2.45) is 0 Å². The molecule has 3 aromatic rings. The van der Waals surface area contributed by atoms with E-state index in [4.69, 9.17) is 8.94 Å². The molecule has 0 saturated carbocycles. The monoisotopic (exact) mass is 297 g/mol. The summed E-state index contributed by atoms with van der Waals surface area (Å²) in [5.74, 6) is 0.602. The molecule has 0 spiro atoms. The number of amides is 1. The first kappa shape index (κ1) is 14.1. The van der Waals surface area contributed by atoms with Gasteiger partial charge in [0.05, 0.1) is 12.2 Å². The van der Waals surface area contributed by atoms with E-state index in [0.29, 0.717) is 18.0 Å². The van der Waals surface area contributed by atoms with Crippen molar-refractivity contribution in [2.75, 3.05) is 7.05 Å². The SMILES string of the molecule is Cc1ncoc1C(=O)N(C)Cc1cc(-c2ccccc2)no1. The van der Waals surface area contributed by atoms with Gasteiger partial charge >= 0.3 is 0 Å². The highest BCUT2D eigenvalue weighted by Crippen LogP contribution is 2.19. The molecule has 1 amide bonds. The zero-order valence-corrected chi connectivity index (χ0v) is 12.3. The van der Waals surface area contributed by atoms with Crippen LogP contribution in [0.5, 0.6) is 0 Å². The van der Waals surface area contributed by atoms with Crippen LogP contribution < -0.4 is 0 Å². The second kappa shape index (κ2) is 5.85. The van der Waals surface area contributed by atoms with Crippen molar-refractivity contribution >= 4 is 5.91 Å². The molecule has 0 unspecified atom stereocenters. The number of carbonyl (C=O) groups is 1. The van der Waals surface area contributed by atoms with Crippen LogP contribution in [0, 0.1) is 6.92 Å². The quantitative estimate of drug-likeness (QED) is 0.740. The topological polar surface area (TPSA) is 72.4 Å². The van der Waals surface area contributed by atoms with Gasteiger partial charge in [-0.3, -0.25) is 4.79 Å².